The zero-order valence-electron chi connectivity index (χ0n) is 8.19. The molecule has 0 radical (unpaired) electrons. The van der Waals surface area contributed by atoms with E-state index >= 15 is 0 Å². The van der Waals surface area contributed by atoms with E-state index in [-0.39, 0.29) is 6.61 Å². The average molecular weight is 192 g/mol. The van der Waals surface area contributed by atoms with Crippen molar-refractivity contribution in [3.05, 3.63) is 30.1 Å². The Morgan fingerprint density at radius 3 is 2.93 bits per heavy atom. The molecule has 14 heavy (non-hydrogen) atoms. The van der Waals surface area contributed by atoms with Gasteiger partial charge in [-0.3, -0.25) is 4.98 Å². The first-order valence-corrected chi connectivity index (χ1v) is 5.16. The predicted molar refractivity (Wildman–Crippen MR) is 54.8 cm³/mol. The number of aromatic nitrogens is 1. The van der Waals surface area contributed by atoms with Gasteiger partial charge in [0.1, 0.15) is 0 Å². The Morgan fingerprint density at radius 2 is 2.21 bits per heavy atom. The van der Waals surface area contributed by atoms with Gasteiger partial charge in [0, 0.05) is 31.0 Å². The van der Waals surface area contributed by atoms with Gasteiger partial charge in [0.25, 0.3) is 0 Å². The molecular formula is C11H16N2O. The van der Waals surface area contributed by atoms with Crippen LogP contribution in [-0.2, 0) is 0 Å². The predicted octanol–water partition coefficient (Wildman–Crippen LogP) is 1.11. The van der Waals surface area contributed by atoms with Crippen LogP contribution in [0.5, 0.6) is 0 Å². The number of aliphatic hydroxyl groups is 1. The molecule has 1 aromatic heterocycles. The normalized spacial score (nSPS) is 27.5. The van der Waals surface area contributed by atoms with Crippen LogP contribution in [0.1, 0.15) is 24.4 Å². The molecule has 2 unspecified atom stereocenters. The smallest absolute Gasteiger partial charge is 0.0477 e. The second-order valence-corrected chi connectivity index (χ2v) is 3.80. The van der Waals surface area contributed by atoms with E-state index in [2.05, 4.69) is 10.3 Å². The Hall–Kier alpha value is -0.930. The van der Waals surface area contributed by atoms with E-state index in [4.69, 9.17) is 0 Å². The maximum Gasteiger partial charge on any atom is 0.0477 e. The van der Waals surface area contributed by atoms with Crippen LogP contribution in [0.3, 0.4) is 0 Å². The lowest BCUT2D eigenvalue weighted by molar-refractivity contribution is 0.160. The van der Waals surface area contributed by atoms with Crippen LogP contribution in [-0.4, -0.2) is 23.2 Å². The molecule has 1 aliphatic rings. The number of piperidine rings is 1. The first-order chi connectivity index (χ1) is 6.92. The molecule has 0 aromatic carbocycles. The molecule has 1 aliphatic heterocycles. The molecule has 0 aliphatic carbocycles. The first-order valence-electron chi connectivity index (χ1n) is 5.16. The number of aliphatic hydroxyl groups excluding tert-OH is 1. The zero-order chi connectivity index (χ0) is 9.80. The summed E-state index contributed by atoms with van der Waals surface area (Å²) in [7, 11) is 0. The van der Waals surface area contributed by atoms with E-state index in [0.29, 0.717) is 12.0 Å². The van der Waals surface area contributed by atoms with Gasteiger partial charge in [0.15, 0.2) is 0 Å². The molecule has 2 rings (SSSR count). The van der Waals surface area contributed by atoms with Crippen molar-refractivity contribution in [2.75, 3.05) is 13.2 Å². The Balaban J connectivity index is 2.15. The van der Waals surface area contributed by atoms with Crippen LogP contribution >= 0.6 is 0 Å². The number of hydrogen-bond donors (Lipinski definition) is 2. The van der Waals surface area contributed by atoms with Crippen molar-refractivity contribution in [3.8, 4) is 0 Å². The summed E-state index contributed by atoms with van der Waals surface area (Å²) in [5, 5.41) is 12.7. The molecule has 0 saturated carbocycles. The number of rotatable bonds is 2. The van der Waals surface area contributed by atoms with Crippen LogP contribution < -0.4 is 5.32 Å². The summed E-state index contributed by atoms with van der Waals surface area (Å²) in [4.78, 5) is 4.00. The molecule has 76 valence electrons. The number of hydrogen-bond acceptors (Lipinski definition) is 3. The Bertz CT molecular complexity index is 276. The molecule has 0 bridgehead atoms. The number of nitrogens with zero attached hydrogens (tertiary/aromatic N) is 1. The second-order valence-electron chi connectivity index (χ2n) is 3.80. The summed E-state index contributed by atoms with van der Waals surface area (Å²) < 4.78 is 0. The van der Waals surface area contributed by atoms with E-state index in [9.17, 15) is 5.11 Å². The van der Waals surface area contributed by atoms with Gasteiger partial charge in [-0.2, -0.15) is 0 Å². The van der Waals surface area contributed by atoms with Gasteiger partial charge in [-0.05, 0) is 37.1 Å². The Kier molecular flexibility index (Phi) is 3.11. The summed E-state index contributed by atoms with van der Waals surface area (Å²) >= 11 is 0. The molecule has 2 atom stereocenters. The number of nitrogens with one attached hydrogen (secondary N) is 1. The van der Waals surface area contributed by atoms with E-state index < -0.39 is 0 Å². The van der Waals surface area contributed by atoms with Gasteiger partial charge >= 0.3 is 0 Å². The summed E-state index contributed by atoms with van der Waals surface area (Å²) in [6.07, 6.45) is 5.88. The third kappa shape index (κ3) is 1.94. The SMILES string of the molecule is OCC1CCCNC1c1ccncc1. The van der Waals surface area contributed by atoms with Crippen molar-refractivity contribution in [2.45, 2.75) is 18.9 Å². The lowest BCUT2D eigenvalue weighted by atomic mass is 9.87. The van der Waals surface area contributed by atoms with E-state index in [1.165, 1.54) is 5.56 Å². The fraction of sp³-hybridized carbons (Fsp3) is 0.545. The van der Waals surface area contributed by atoms with Crippen LogP contribution in [0.2, 0.25) is 0 Å². The summed E-state index contributed by atoms with van der Waals surface area (Å²) in [5.74, 6) is 0.353. The van der Waals surface area contributed by atoms with Crippen LogP contribution in [0.25, 0.3) is 0 Å². The summed E-state index contributed by atoms with van der Waals surface area (Å²) in [5.41, 5.74) is 1.23. The maximum atomic E-state index is 9.27. The minimum absolute atomic E-state index is 0.264. The lowest BCUT2D eigenvalue weighted by Gasteiger charge is -2.31. The molecule has 3 heteroatoms. The summed E-state index contributed by atoms with van der Waals surface area (Å²) in [6.45, 7) is 1.31. The Morgan fingerprint density at radius 1 is 1.43 bits per heavy atom. The molecule has 1 saturated heterocycles. The largest absolute Gasteiger partial charge is 0.396 e. The fourth-order valence-corrected chi connectivity index (χ4v) is 2.11. The average Bonchev–Trinajstić information content (AvgIpc) is 2.30. The van der Waals surface area contributed by atoms with Gasteiger partial charge in [0.2, 0.25) is 0 Å². The van der Waals surface area contributed by atoms with Crippen LogP contribution in [0.15, 0.2) is 24.5 Å². The molecule has 2 heterocycles. The third-order valence-corrected chi connectivity index (χ3v) is 2.89. The molecule has 0 spiro atoms. The highest BCUT2D eigenvalue weighted by Gasteiger charge is 2.24. The standard InChI is InChI=1S/C11H16N2O/c14-8-10-2-1-5-13-11(10)9-3-6-12-7-4-9/h3-4,6-7,10-11,13-14H,1-2,5,8H2. The van der Waals surface area contributed by atoms with Crippen molar-refractivity contribution in [1.29, 1.82) is 0 Å². The van der Waals surface area contributed by atoms with Gasteiger partial charge in [-0.25, -0.2) is 0 Å². The highest BCUT2D eigenvalue weighted by Crippen LogP contribution is 2.28. The van der Waals surface area contributed by atoms with Gasteiger partial charge in [0.05, 0.1) is 0 Å². The maximum absolute atomic E-state index is 9.27. The van der Waals surface area contributed by atoms with Gasteiger partial charge in [-0.15, -0.1) is 0 Å². The first kappa shape index (κ1) is 9.62. The molecule has 1 fully saturated rings. The molecule has 2 N–H and O–H groups in total. The van der Waals surface area contributed by atoms with E-state index in [1.807, 2.05) is 12.1 Å². The lowest BCUT2D eigenvalue weighted by Crippen LogP contribution is -2.35. The minimum Gasteiger partial charge on any atom is -0.396 e. The van der Waals surface area contributed by atoms with Crippen molar-refractivity contribution >= 4 is 0 Å². The second kappa shape index (κ2) is 4.53. The zero-order valence-corrected chi connectivity index (χ0v) is 8.19. The highest BCUT2D eigenvalue weighted by molar-refractivity contribution is 5.16. The molecule has 3 nitrogen and oxygen atoms in total. The quantitative estimate of drug-likeness (QED) is 0.738. The van der Waals surface area contributed by atoms with Crippen molar-refractivity contribution in [2.24, 2.45) is 5.92 Å². The fourth-order valence-electron chi connectivity index (χ4n) is 2.11. The van der Waals surface area contributed by atoms with Crippen LogP contribution in [0.4, 0.5) is 0 Å². The molecule has 0 amide bonds. The van der Waals surface area contributed by atoms with Gasteiger partial charge < -0.3 is 10.4 Å². The monoisotopic (exact) mass is 192 g/mol. The van der Waals surface area contributed by atoms with Crippen molar-refractivity contribution in [3.63, 3.8) is 0 Å². The topological polar surface area (TPSA) is 45.1 Å². The summed E-state index contributed by atoms with van der Waals surface area (Å²) in [6, 6.07) is 4.34. The molecular weight excluding hydrogens is 176 g/mol. The highest BCUT2D eigenvalue weighted by atomic mass is 16.3. The van der Waals surface area contributed by atoms with E-state index in [0.717, 1.165) is 19.4 Å². The van der Waals surface area contributed by atoms with E-state index in [1.54, 1.807) is 12.4 Å². The van der Waals surface area contributed by atoms with Crippen LogP contribution in [0, 0.1) is 5.92 Å². The molecule has 1 aromatic rings. The van der Waals surface area contributed by atoms with Gasteiger partial charge in [-0.1, -0.05) is 0 Å². The van der Waals surface area contributed by atoms with Crippen molar-refractivity contribution < 1.29 is 5.11 Å². The minimum atomic E-state index is 0.264. The van der Waals surface area contributed by atoms with Crippen molar-refractivity contribution in [1.82, 2.24) is 10.3 Å². The Labute approximate surface area is 84.2 Å². The third-order valence-electron chi connectivity index (χ3n) is 2.89. The number of pyridine rings is 1.